The summed E-state index contributed by atoms with van der Waals surface area (Å²) in [5.74, 6) is 0.497. The number of fused-ring (bicyclic) bond motifs is 1. The molecule has 134 valence electrons. The molecule has 2 heterocycles. The van der Waals surface area contributed by atoms with Gasteiger partial charge in [0.1, 0.15) is 0 Å². The minimum absolute atomic E-state index is 0.497. The Balaban J connectivity index is 1.35. The molecule has 0 bridgehead atoms. The topological polar surface area (TPSA) is 27.8 Å². The average Bonchev–Trinajstić information content (AvgIpc) is 3.09. The third kappa shape index (κ3) is 3.76. The largest absolute Gasteiger partial charge is 0.361 e. The Morgan fingerprint density at radius 2 is 1.96 bits per heavy atom. The second kappa shape index (κ2) is 7.92. The molecule has 0 saturated carbocycles. The molecule has 0 fully saturated rings. The van der Waals surface area contributed by atoms with Gasteiger partial charge in [0.2, 0.25) is 0 Å². The van der Waals surface area contributed by atoms with Crippen LogP contribution in [-0.4, -0.2) is 17.6 Å². The number of unbranched alkanes of at least 4 members (excludes halogenated alkanes) is 1. The Morgan fingerprint density at radius 1 is 1.04 bits per heavy atom. The van der Waals surface area contributed by atoms with Gasteiger partial charge in [-0.05, 0) is 43.4 Å². The van der Waals surface area contributed by atoms with Crippen LogP contribution in [0.4, 0.5) is 0 Å². The van der Waals surface area contributed by atoms with Crippen molar-refractivity contribution in [2.75, 3.05) is 6.54 Å². The highest BCUT2D eigenvalue weighted by Gasteiger charge is 2.22. The molecule has 0 spiro atoms. The average molecular weight is 345 g/mol. The molecule has 26 heavy (non-hydrogen) atoms. The third-order valence-corrected chi connectivity index (χ3v) is 5.59. The van der Waals surface area contributed by atoms with Crippen LogP contribution in [0.5, 0.6) is 0 Å². The molecular weight excluding hydrogens is 316 g/mol. The van der Waals surface area contributed by atoms with Gasteiger partial charge in [-0.1, -0.05) is 66.6 Å². The molecule has 0 saturated heterocycles. The monoisotopic (exact) mass is 344 g/mol. The number of hydrogen-bond acceptors (Lipinski definition) is 1. The quantitative estimate of drug-likeness (QED) is 0.448. The minimum Gasteiger partial charge on any atom is -0.361 e. The summed E-state index contributed by atoms with van der Waals surface area (Å²) in [4.78, 5) is 3.39. The number of aryl methyl sites for hydroxylation is 2. The minimum atomic E-state index is 0.497. The molecule has 2 aromatic carbocycles. The summed E-state index contributed by atoms with van der Waals surface area (Å²) in [5, 5.41) is 5.10. The standard InChI is InChI=1S/C24H28N2/c1-18-8-6-10-19(16-18)21-12-7-15-25-23(21)13-4-2-9-20-17-26-24-14-5-3-11-22(20)24/h3,5-8,10-12,14,16-17,21,23,25-26H,2,4,9,13,15H2,1H3. The molecule has 2 unspecified atom stereocenters. The van der Waals surface area contributed by atoms with E-state index in [0.717, 1.165) is 13.0 Å². The first-order chi connectivity index (χ1) is 12.8. The van der Waals surface area contributed by atoms with E-state index < -0.39 is 0 Å². The van der Waals surface area contributed by atoms with E-state index >= 15 is 0 Å². The Bertz CT molecular complexity index is 890. The van der Waals surface area contributed by atoms with Crippen LogP contribution < -0.4 is 5.32 Å². The molecule has 0 amide bonds. The highest BCUT2D eigenvalue weighted by atomic mass is 14.9. The van der Waals surface area contributed by atoms with Gasteiger partial charge in [0.05, 0.1) is 0 Å². The normalized spacial score (nSPS) is 19.9. The van der Waals surface area contributed by atoms with Crippen molar-refractivity contribution in [3.63, 3.8) is 0 Å². The van der Waals surface area contributed by atoms with Crippen LogP contribution in [0.3, 0.4) is 0 Å². The fourth-order valence-electron chi connectivity index (χ4n) is 4.22. The van der Waals surface area contributed by atoms with Crippen LogP contribution in [0.15, 0.2) is 66.9 Å². The number of H-pyrrole nitrogens is 1. The van der Waals surface area contributed by atoms with E-state index in [4.69, 9.17) is 0 Å². The lowest BCUT2D eigenvalue weighted by Gasteiger charge is -2.29. The van der Waals surface area contributed by atoms with E-state index in [1.54, 1.807) is 0 Å². The molecule has 2 nitrogen and oxygen atoms in total. The molecular formula is C24H28N2. The van der Waals surface area contributed by atoms with Crippen molar-refractivity contribution < 1.29 is 0 Å². The first-order valence-corrected chi connectivity index (χ1v) is 9.83. The highest BCUT2D eigenvalue weighted by molar-refractivity contribution is 5.82. The Kier molecular flexibility index (Phi) is 5.21. The third-order valence-electron chi connectivity index (χ3n) is 5.59. The Morgan fingerprint density at radius 3 is 2.88 bits per heavy atom. The molecule has 2 N–H and O–H groups in total. The summed E-state index contributed by atoms with van der Waals surface area (Å²) < 4.78 is 0. The molecule has 2 heteroatoms. The molecule has 1 aliphatic heterocycles. The molecule has 1 aromatic heterocycles. The van der Waals surface area contributed by atoms with Crippen LogP contribution >= 0.6 is 0 Å². The Labute approximate surface area is 156 Å². The summed E-state index contributed by atoms with van der Waals surface area (Å²) in [6.45, 7) is 3.18. The maximum atomic E-state index is 3.72. The van der Waals surface area contributed by atoms with Gasteiger partial charge in [0.25, 0.3) is 0 Å². The predicted octanol–water partition coefficient (Wildman–Crippen LogP) is 5.50. The van der Waals surface area contributed by atoms with Crippen LogP contribution in [0.1, 0.15) is 41.9 Å². The van der Waals surface area contributed by atoms with E-state index in [0.29, 0.717) is 12.0 Å². The lowest BCUT2D eigenvalue weighted by Crippen LogP contribution is -2.37. The fraction of sp³-hybridized carbons (Fsp3) is 0.333. The van der Waals surface area contributed by atoms with Gasteiger partial charge in [0.15, 0.2) is 0 Å². The van der Waals surface area contributed by atoms with Gasteiger partial charge in [-0.3, -0.25) is 0 Å². The number of aromatic amines is 1. The fourth-order valence-corrected chi connectivity index (χ4v) is 4.22. The second-order valence-corrected chi connectivity index (χ2v) is 7.49. The van der Waals surface area contributed by atoms with Crippen molar-refractivity contribution in [2.24, 2.45) is 0 Å². The van der Waals surface area contributed by atoms with Crippen LogP contribution in [0.25, 0.3) is 10.9 Å². The van der Waals surface area contributed by atoms with Gasteiger partial charge >= 0.3 is 0 Å². The van der Waals surface area contributed by atoms with Crippen molar-refractivity contribution in [1.82, 2.24) is 10.3 Å². The summed E-state index contributed by atoms with van der Waals surface area (Å²) in [6.07, 6.45) is 11.7. The lowest BCUT2D eigenvalue weighted by atomic mass is 9.85. The van der Waals surface area contributed by atoms with Crippen LogP contribution in [-0.2, 0) is 6.42 Å². The zero-order valence-corrected chi connectivity index (χ0v) is 15.5. The van der Waals surface area contributed by atoms with Crippen molar-refractivity contribution >= 4 is 10.9 Å². The Hall–Kier alpha value is -2.32. The number of benzene rings is 2. The van der Waals surface area contributed by atoms with E-state index in [9.17, 15) is 0 Å². The predicted molar refractivity (Wildman–Crippen MR) is 111 cm³/mol. The molecule has 3 aromatic rings. The second-order valence-electron chi connectivity index (χ2n) is 7.49. The number of rotatable bonds is 6. The molecule has 0 aliphatic carbocycles. The number of hydrogen-bond donors (Lipinski definition) is 2. The summed E-state index contributed by atoms with van der Waals surface area (Å²) >= 11 is 0. The molecule has 0 radical (unpaired) electrons. The number of nitrogens with one attached hydrogen (secondary N) is 2. The van der Waals surface area contributed by atoms with E-state index in [-0.39, 0.29) is 0 Å². The first-order valence-electron chi connectivity index (χ1n) is 9.83. The first kappa shape index (κ1) is 17.1. The number of aromatic nitrogens is 1. The van der Waals surface area contributed by atoms with Gasteiger partial charge in [0, 0.05) is 35.6 Å². The SMILES string of the molecule is Cc1cccc(C2C=CCNC2CCCCc2c[nH]c3ccccc23)c1. The van der Waals surface area contributed by atoms with Crippen molar-refractivity contribution in [1.29, 1.82) is 0 Å². The molecule has 2 atom stereocenters. The maximum Gasteiger partial charge on any atom is 0.0456 e. The lowest BCUT2D eigenvalue weighted by molar-refractivity contribution is 0.432. The zero-order valence-electron chi connectivity index (χ0n) is 15.5. The summed E-state index contributed by atoms with van der Waals surface area (Å²) in [5.41, 5.74) is 5.49. The van der Waals surface area contributed by atoms with Gasteiger partial charge in [-0.15, -0.1) is 0 Å². The zero-order chi connectivity index (χ0) is 17.8. The summed E-state index contributed by atoms with van der Waals surface area (Å²) in [6, 6.07) is 18.1. The molecule has 1 aliphatic rings. The van der Waals surface area contributed by atoms with Crippen LogP contribution in [0, 0.1) is 6.92 Å². The maximum absolute atomic E-state index is 3.72. The number of para-hydroxylation sites is 1. The van der Waals surface area contributed by atoms with E-state index in [1.807, 2.05) is 0 Å². The van der Waals surface area contributed by atoms with Gasteiger partial charge < -0.3 is 10.3 Å². The van der Waals surface area contributed by atoms with Crippen molar-refractivity contribution in [2.45, 2.75) is 44.6 Å². The smallest absolute Gasteiger partial charge is 0.0456 e. The van der Waals surface area contributed by atoms with Crippen molar-refractivity contribution in [3.05, 3.63) is 83.6 Å². The van der Waals surface area contributed by atoms with E-state index in [1.165, 1.54) is 46.9 Å². The van der Waals surface area contributed by atoms with Gasteiger partial charge in [-0.25, -0.2) is 0 Å². The highest BCUT2D eigenvalue weighted by Crippen LogP contribution is 2.28. The van der Waals surface area contributed by atoms with Crippen molar-refractivity contribution in [3.8, 4) is 0 Å². The summed E-state index contributed by atoms with van der Waals surface area (Å²) in [7, 11) is 0. The van der Waals surface area contributed by atoms with E-state index in [2.05, 4.69) is 84.1 Å². The van der Waals surface area contributed by atoms with Crippen LogP contribution in [0.2, 0.25) is 0 Å². The molecule has 4 rings (SSSR count). The van der Waals surface area contributed by atoms with Gasteiger partial charge in [-0.2, -0.15) is 0 Å².